The Kier molecular flexibility index (Phi) is 4.62. The molecule has 1 atom stereocenters. The maximum Gasteiger partial charge on any atom is 0.243 e. The standard InChI is InChI=1S/C13H20FN3O2S/c1-2-17-7-3-4-11(9-17)16-20(18,19)13-6-5-10(15)8-12(13)14/h5-6,8,11,16H,2-4,7,9,15H2,1H3. The maximum atomic E-state index is 13.7. The van der Waals surface area contributed by atoms with E-state index < -0.39 is 15.8 Å². The molecule has 0 bridgehead atoms. The number of rotatable bonds is 4. The number of nitrogens with zero attached hydrogens (tertiary/aromatic N) is 1. The summed E-state index contributed by atoms with van der Waals surface area (Å²) in [6, 6.07) is 3.43. The molecule has 0 saturated carbocycles. The molecule has 1 unspecified atom stereocenters. The molecule has 20 heavy (non-hydrogen) atoms. The van der Waals surface area contributed by atoms with Gasteiger partial charge in [-0.3, -0.25) is 0 Å². The first-order valence-electron chi connectivity index (χ1n) is 6.72. The van der Waals surface area contributed by atoms with Gasteiger partial charge in [-0.1, -0.05) is 6.92 Å². The van der Waals surface area contributed by atoms with Crippen molar-refractivity contribution in [1.82, 2.24) is 9.62 Å². The minimum atomic E-state index is -3.85. The Morgan fingerprint density at radius 2 is 2.25 bits per heavy atom. The van der Waals surface area contributed by atoms with Gasteiger partial charge in [0.25, 0.3) is 0 Å². The topological polar surface area (TPSA) is 75.4 Å². The van der Waals surface area contributed by atoms with Gasteiger partial charge in [-0.05, 0) is 44.1 Å². The van der Waals surface area contributed by atoms with Crippen LogP contribution in [0.2, 0.25) is 0 Å². The van der Waals surface area contributed by atoms with Crippen molar-refractivity contribution < 1.29 is 12.8 Å². The summed E-state index contributed by atoms with van der Waals surface area (Å²) in [5.74, 6) is -0.819. The maximum absolute atomic E-state index is 13.7. The van der Waals surface area contributed by atoms with E-state index in [1.165, 1.54) is 12.1 Å². The van der Waals surface area contributed by atoms with Crippen molar-refractivity contribution >= 4 is 15.7 Å². The molecule has 112 valence electrons. The van der Waals surface area contributed by atoms with Crippen LogP contribution in [0.4, 0.5) is 10.1 Å². The van der Waals surface area contributed by atoms with Crippen molar-refractivity contribution in [1.29, 1.82) is 0 Å². The fourth-order valence-electron chi connectivity index (χ4n) is 2.46. The molecule has 0 aromatic heterocycles. The van der Waals surface area contributed by atoms with Crippen molar-refractivity contribution in [2.45, 2.75) is 30.7 Å². The molecule has 1 aliphatic heterocycles. The summed E-state index contributed by atoms with van der Waals surface area (Å²) in [6.45, 7) is 4.56. The number of benzene rings is 1. The molecule has 0 spiro atoms. The Bertz CT molecular complexity index is 577. The van der Waals surface area contributed by atoms with Gasteiger partial charge in [0.2, 0.25) is 10.0 Å². The highest BCUT2D eigenvalue weighted by atomic mass is 32.2. The highest BCUT2D eigenvalue weighted by Crippen LogP contribution is 2.19. The Morgan fingerprint density at radius 3 is 2.90 bits per heavy atom. The van der Waals surface area contributed by atoms with Gasteiger partial charge in [0, 0.05) is 18.3 Å². The van der Waals surface area contributed by atoms with Crippen molar-refractivity contribution in [2.24, 2.45) is 0 Å². The highest BCUT2D eigenvalue weighted by molar-refractivity contribution is 7.89. The second-order valence-electron chi connectivity index (χ2n) is 5.04. The molecular formula is C13H20FN3O2S. The smallest absolute Gasteiger partial charge is 0.243 e. The lowest BCUT2D eigenvalue weighted by molar-refractivity contribution is 0.211. The Labute approximate surface area is 119 Å². The number of likely N-dealkylation sites (N-methyl/N-ethyl adjacent to an activating group) is 1. The first-order valence-corrected chi connectivity index (χ1v) is 8.20. The molecule has 1 aromatic rings. The summed E-state index contributed by atoms with van der Waals surface area (Å²) < 4.78 is 40.8. The molecule has 0 radical (unpaired) electrons. The first kappa shape index (κ1) is 15.2. The zero-order chi connectivity index (χ0) is 14.8. The molecule has 3 N–H and O–H groups in total. The van der Waals surface area contributed by atoms with Gasteiger partial charge in [-0.25, -0.2) is 17.5 Å². The number of piperidine rings is 1. The zero-order valence-corrected chi connectivity index (χ0v) is 12.3. The third-order valence-corrected chi connectivity index (χ3v) is 5.07. The van der Waals surface area contributed by atoms with Crippen LogP contribution < -0.4 is 10.5 Å². The summed E-state index contributed by atoms with van der Waals surface area (Å²) in [4.78, 5) is 1.83. The van der Waals surface area contributed by atoms with Crippen molar-refractivity contribution in [3.8, 4) is 0 Å². The Morgan fingerprint density at radius 1 is 1.50 bits per heavy atom. The van der Waals surface area contributed by atoms with Crippen LogP contribution >= 0.6 is 0 Å². The largest absolute Gasteiger partial charge is 0.399 e. The summed E-state index contributed by atoms with van der Waals surface area (Å²) in [6.07, 6.45) is 1.71. The third-order valence-electron chi connectivity index (χ3n) is 3.52. The van der Waals surface area contributed by atoms with Gasteiger partial charge in [0.05, 0.1) is 0 Å². The monoisotopic (exact) mass is 301 g/mol. The van der Waals surface area contributed by atoms with Crippen LogP contribution in [0.15, 0.2) is 23.1 Å². The van der Waals surface area contributed by atoms with Gasteiger partial charge in [0.1, 0.15) is 10.7 Å². The number of likely N-dealkylation sites (tertiary alicyclic amines) is 1. The van der Waals surface area contributed by atoms with E-state index in [1.54, 1.807) is 0 Å². The molecule has 5 nitrogen and oxygen atoms in total. The van der Waals surface area contributed by atoms with Crippen LogP contribution in [-0.4, -0.2) is 39.0 Å². The minimum absolute atomic E-state index is 0.175. The molecular weight excluding hydrogens is 281 g/mol. The van der Waals surface area contributed by atoms with E-state index in [1.807, 2.05) is 6.92 Å². The summed E-state index contributed by atoms with van der Waals surface area (Å²) in [7, 11) is -3.85. The second kappa shape index (κ2) is 6.07. The predicted octanol–water partition coefficient (Wildman–Crippen LogP) is 1.17. The molecule has 2 rings (SSSR count). The van der Waals surface area contributed by atoms with Crippen molar-refractivity contribution in [3.05, 3.63) is 24.0 Å². The predicted molar refractivity (Wildman–Crippen MR) is 76.3 cm³/mol. The van der Waals surface area contributed by atoms with E-state index in [0.717, 1.165) is 32.0 Å². The average molecular weight is 301 g/mol. The van der Waals surface area contributed by atoms with E-state index in [-0.39, 0.29) is 16.6 Å². The molecule has 1 aliphatic rings. The lowest BCUT2D eigenvalue weighted by atomic mass is 10.1. The number of hydrogen-bond donors (Lipinski definition) is 2. The highest BCUT2D eigenvalue weighted by Gasteiger charge is 2.26. The van der Waals surface area contributed by atoms with E-state index in [2.05, 4.69) is 9.62 Å². The van der Waals surface area contributed by atoms with E-state index >= 15 is 0 Å². The lowest BCUT2D eigenvalue weighted by Crippen LogP contribution is -2.47. The average Bonchev–Trinajstić information content (AvgIpc) is 2.37. The first-order chi connectivity index (χ1) is 9.42. The van der Waals surface area contributed by atoms with Crippen LogP contribution in [0.1, 0.15) is 19.8 Å². The van der Waals surface area contributed by atoms with Crippen molar-refractivity contribution in [3.63, 3.8) is 0 Å². The van der Waals surface area contributed by atoms with Crippen molar-refractivity contribution in [2.75, 3.05) is 25.4 Å². The van der Waals surface area contributed by atoms with Gasteiger partial charge in [-0.15, -0.1) is 0 Å². The number of nitrogens with one attached hydrogen (secondary N) is 1. The minimum Gasteiger partial charge on any atom is -0.399 e. The van der Waals surface area contributed by atoms with E-state index in [0.29, 0.717) is 6.54 Å². The van der Waals surface area contributed by atoms with Crippen LogP contribution in [0.5, 0.6) is 0 Å². The third kappa shape index (κ3) is 3.47. The molecule has 0 aliphatic carbocycles. The quantitative estimate of drug-likeness (QED) is 0.819. The molecule has 1 heterocycles. The fraction of sp³-hybridized carbons (Fsp3) is 0.538. The molecule has 7 heteroatoms. The van der Waals surface area contributed by atoms with Gasteiger partial charge >= 0.3 is 0 Å². The van der Waals surface area contributed by atoms with Crippen LogP contribution in [0.3, 0.4) is 0 Å². The summed E-state index contributed by atoms with van der Waals surface area (Å²) in [5.41, 5.74) is 5.63. The van der Waals surface area contributed by atoms with E-state index in [4.69, 9.17) is 5.73 Å². The second-order valence-corrected chi connectivity index (χ2v) is 6.73. The van der Waals surface area contributed by atoms with Crippen LogP contribution in [0, 0.1) is 5.82 Å². The molecule has 0 amide bonds. The van der Waals surface area contributed by atoms with Crippen LogP contribution in [-0.2, 0) is 10.0 Å². The van der Waals surface area contributed by atoms with Crippen LogP contribution in [0.25, 0.3) is 0 Å². The van der Waals surface area contributed by atoms with Gasteiger partial charge < -0.3 is 10.6 Å². The summed E-state index contributed by atoms with van der Waals surface area (Å²) >= 11 is 0. The molecule has 1 fully saturated rings. The number of nitrogen functional groups attached to an aromatic ring is 1. The van der Waals surface area contributed by atoms with E-state index in [9.17, 15) is 12.8 Å². The zero-order valence-electron chi connectivity index (χ0n) is 11.5. The number of anilines is 1. The number of nitrogens with two attached hydrogens (primary N) is 1. The number of sulfonamides is 1. The SMILES string of the molecule is CCN1CCCC(NS(=O)(=O)c2ccc(N)cc2F)C1. The Balaban J connectivity index is 2.14. The Hall–Kier alpha value is -1.18. The number of halogens is 1. The number of hydrogen-bond acceptors (Lipinski definition) is 4. The fourth-order valence-corrected chi connectivity index (χ4v) is 3.78. The normalized spacial score (nSPS) is 21.0. The molecule has 1 aromatic carbocycles. The summed E-state index contributed by atoms with van der Waals surface area (Å²) in [5, 5.41) is 0. The van der Waals surface area contributed by atoms with Gasteiger partial charge in [0.15, 0.2) is 0 Å². The lowest BCUT2D eigenvalue weighted by Gasteiger charge is -2.32. The molecule has 1 saturated heterocycles. The van der Waals surface area contributed by atoms with Gasteiger partial charge in [-0.2, -0.15) is 0 Å².